The first-order valence-electron chi connectivity index (χ1n) is 5.31. The van der Waals surface area contributed by atoms with E-state index in [4.69, 9.17) is 0 Å². The molecule has 86 valence electrons. The smallest absolute Gasteiger partial charge is 0.0905 e. The van der Waals surface area contributed by atoms with Crippen molar-refractivity contribution in [3.05, 3.63) is 0 Å². The zero-order chi connectivity index (χ0) is 11.2. The van der Waals surface area contributed by atoms with E-state index in [9.17, 15) is 4.39 Å². The van der Waals surface area contributed by atoms with E-state index in [1.807, 2.05) is 21.6 Å². The van der Waals surface area contributed by atoms with Gasteiger partial charge >= 0.3 is 0 Å². The molecular formula is C11H23FS2. The second kappa shape index (κ2) is 7.00. The molecule has 0 bridgehead atoms. The number of hydrogen-bond acceptors (Lipinski definition) is 2. The Hall–Kier alpha value is 0.630. The summed E-state index contributed by atoms with van der Waals surface area (Å²) in [5.74, 6) is 0.616. The number of halogens is 1. The maximum absolute atomic E-state index is 12.3. The molecule has 0 fully saturated rings. The summed E-state index contributed by atoms with van der Waals surface area (Å²) in [5, 5.41) is 0.467. The van der Waals surface area contributed by atoms with Gasteiger partial charge in [0.05, 0.1) is 6.67 Å². The summed E-state index contributed by atoms with van der Waals surface area (Å²) in [6.45, 7) is 10.8. The summed E-state index contributed by atoms with van der Waals surface area (Å²) in [4.78, 5) is 0. The van der Waals surface area contributed by atoms with E-state index in [0.717, 1.165) is 6.42 Å². The van der Waals surface area contributed by atoms with E-state index in [2.05, 4.69) is 34.6 Å². The molecular weight excluding hydrogens is 215 g/mol. The van der Waals surface area contributed by atoms with E-state index in [-0.39, 0.29) is 11.4 Å². The Morgan fingerprint density at radius 1 is 1.29 bits per heavy atom. The number of hydrogen-bond donors (Lipinski definition) is 0. The minimum atomic E-state index is -0.188. The highest BCUT2D eigenvalue weighted by atomic mass is 33.1. The molecule has 0 radical (unpaired) electrons. The van der Waals surface area contributed by atoms with Crippen LogP contribution < -0.4 is 0 Å². The van der Waals surface area contributed by atoms with Crippen molar-refractivity contribution in [1.29, 1.82) is 0 Å². The van der Waals surface area contributed by atoms with Crippen LogP contribution in [0.5, 0.6) is 0 Å². The standard InChI is InChI=1S/C11H23FS2/c1-6-9(2)10(7-8-12)13-14-11(3,4)5/h9-10H,6-8H2,1-5H3/t9?,10-/m1/s1. The van der Waals surface area contributed by atoms with Crippen molar-refractivity contribution < 1.29 is 4.39 Å². The lowest BCUT2D eigenvalue weighted by Crippen LogP contribution is -2.15. The highest BCUT2D eigenvalue weighted by Crippen LogP contribution is 2.41. The first-order chi connectivity index (χ1) is 6.40. The predicted molar refractivity (Wildman–Crippen MR) is 68.8 cm³/mol. The fourth-order valence-corrected chi connectivity index (χ4v) is 4.08. The Bertz CT molecular complexity index is 143. The van der Waals surface area contributed by atoms with Gasteiger partial charge in [0.2, 0.25) is 0 Å². The molecule has 0 aromatic carbocycles. The lowest BCUT2D eigenvalue weighted by Gasteiger charge is -2.25. The Morgan fingerprint density at radius 2 is 1.86 bits per heavy atom. The summed E-state index contributed by atoms with van der Waals surface area (Å²) in [7, 11) is 3.74. The molecule has 0 spiro atoms. The fourth-order valence-electron chi connectivity index (χ4n) is 1.00. The largest absolute Gasteiger partial charge is 0.251 e. The third-order valence-electron chi connectivity index (χ3n) is 2.09. The quantitative estimate of drug-likeness (QED) is 0.601. The number of rotatable bonds is 6. The molecule has 0 saturated heterocycles. The van der Waals surface area contributed by atoms with Crippen molar-refractivity contribution >= 4 is 21.6 Å². The second-order valence-corrected chi connectivity index (χ2v) is 7.96. The Balaban J connectivity index is 3.96. The molecule has 0 heterocycles. The molecule has 0 rings (SSSR count). The van der Waals surface area contributed by atoms with Crippen LogP contribution in [0.3, 0.4) is 0 Å². The lowest BCUT2D eigenvalue weighted by molar-refractivity contribution is 0.422. The summed E-state index contributed by atoms with van der Waals surface area (Å²) < 4.78 is 12.6. The summed E-state index contributed by atoms with van der Waals surface area (Å²) in [6.07, 6.45) is 1.84. The zero-order valence-electron chi connectivity index (χ0n) is 9.97. The van der Waals surface area contributed by atoms with Gasteiger partial charge in [-0.05, 0) is 12.3 Å². The van der Waals surface area contributed by atoms with Gasteiger partial charge in [0.1, 0.15) is 0 Å². The predicted octanol–water partition coefficient (Wildman–Crippen LogP) is 4.94. The molecule has 0 aromatic rings. The van der Waals surface area contributed by atoms with E-state index in [0.29, 0.717) is 17.6 Å². The molecule has 0 aromatic heterocycles. The minimum absolute atomic E-state index is 0.188. The van der Waals surface area contributed by atoms with Gasteiger partial charge < -0.3 is 0 Å². The average molecular weight is 238 g/mol. The van der Waals surface area contributed by atoms with Gasteiger partial charge in [-0.2, -0.15) is 0 Å². The maximum Gasteiger partial charge on any atom is 0.0905 e. The van der Waals surface area contributed by atoms with Gasteiger partial charge in [0.25, 0.3) is 0 Å². The highest BCUT2D eigenvalue weighted by molar-refractivity contribution is 8.77. The van der Waals surface area contributed by atoms with Crippen molar-refractivity contribution in [2.24, 2.45) is 5.92 Å². The van der Waals surface area contributed by atoms with Crippen LogP contribution >= 0.6 is 21.6 Å². The number of alkyl halides is 1. The van der Waals surface area contributed by atoms with Gasteiger partial charge in [0, 0.05) is 10.00 Å². The maximum atomic E-state index is 12.3. The van der Waals surface area contributed by atoms with Crippen LogP contribution in [0.25, 0.3) is 0 Å². The van der Waals surface area contributed by atoms with Crippen molar-refractivity contribution in [2.75, 3.05) is 6.67 Å². The van der Waals surface area contributed by atoms with Crippen molar-refractivity contribution in [1.82, 2.24) is 0 Å². The Labute approximate surface area is 96.2 Å². The third-order valence-corrected chi connectivity index (χ3v) is 6.17. The van der Waals surface area contributed by atoms with Crippen LogP contribution in [0.15, 0.2) is 0 Å². The van der Waals surface area contributed by atoms with Crippen LogP contribution in [-0.4, -0.2) is 16.7 Å². The Kier molecular flexibility index (Phi) is 7.31. The molecule has 0 nitrogen and oxygen atoms in total. The molecule has 0 aliphatic heterocycles. The monoisotopic (exact) mass is 238 g/mol. The van der Waals surface area contributed by atoms with Crippen LogP contribution in [0, 0.1) is 5.92 Å². The van der Waals surface area contributed by atoms with Gasteiger partial charge in [-0.3, -0.25) is 4.39 Å². The zero-order valence-corrected chi connectivity index (χ0v) is 11.6. The fraction of sp³-hybridized carbons (Fsp3) is 1.00. The van der Waals surface area contributed by atoms with Crippen LogP contribution in [-0.2, 0) is 0 Å². The van der Waals surface area contributed by atoms with Gasteiger partial charge in [-0.15, -0.1) is 0 Å². The van der Waals surface area contributed by atoms with E-state index in [1.165, 1.54) is 0 Å². The molecule has 3 heteroatoms. The molecule has 1 unspecified atom stereocenters. The molecule has 0 aliphatic rings. The normalized spacial score (nSPS) is 16.7. The molecule has 0 N–H and O–H groups in total. The molecule has 0 saturated carbocycles. The van der Waals surface area contributed by atoms with E-state index in [1.54, 1.807) is 0 Å². The third kappa shape index (κ3) is 6.99. The molecule has 2 atom stereocenters. The average Bonchev–Trinajstić information content (AvgIpc) is 2.09. The summed E-state index contributed by atoms with van der Waals surface area (Å²) in [5.41, 5.74) is 0. The summed E-state index contributed by atoms with van der Waals surface area (Å²) >= 11 is 0. The van der Waals surface area contributed by atoms with Gasteiger partial charge in [-0.25, -0.2) is 0 Å². The van der Waals surface area contributed by atoms with Crippen LogP contribution in [0.1, 0.15) is 47.5 Å². The second-order valence-electron chi connectivity index (χ2n) is 4.69. The van der Waals surface area contributed by atoms with Gasteiger partial charge in [-0.1, -0.05) is 62.6 Å². The van der Waals surface area contributed by atoms with E-state index < -0.39 is 0 Å². The molecule has 14 heavy (non-hydrogen) atoms. The van der Waals surface area contributed by atoms with E-state index >= 15 is 0 Å². The Morgan fingerprint density at radius 3 is 2.21 bits per heavy atom. The highest BCUT2D eigenvalue weighted by Gasteiger charge is 2.20. The van der Waals surface area contributed by atoms with Crippen molar-refractivity contribution in [2.45, 2.75) is 57.5 Å². The van der Waals surface area contributed by atoms with Crippen molar-refractivity contribution in [3.63, 3.8) is 0 Å². The SMILES string of the molecule is CCC(C)[C@@H](CCF)SSC(C)(C)C. The van der Waals surface area contributed by atoms with Gasteiger partial charge in [0.15, 0.2) is 0 Å². The minimum Gasteiger partial charge on any atom is -0.251 e. The topological polar surface area (TPSA) is 0 Å². The van der Waals surface area contributed by atoms with Crippen LogP contribution in [0.4, 0.5) is 4.39 Å². The lowest BCUT2D eigenvalue weighted by atomic mass is 10.0. The van der Waals surface area contributed by atoms with Crippen molar-refractivity contribution in [3.8, 4) is 0 Å². The summed E-state index contributed by atoms with van der Waals surface area (Å²) in [6, 6.07) is 0. The first kappa shape index (κ1) is 14.6. The van der Waals surface area contributed by atoms with Crippen LogP contribution in [0.2, 0.25) is 0 Å². The first-order valence-corrected chi connectivity index (χ1v) is 7.52. The molecule has 0 aliphatic carbocycles. The molecule has 0 amide bonds.